The van der Waals surface area contributed by atoms with Crippen molar-refractivity contribution in [3.05, 3.63) is 47.3 Å². The van der Waals surface area contributed by atoms with E-state index in [-0.39, 0.29) is 6.61 Å². The number of aromatic nitrogens is 1. The lowest BCUT2D eigenvalue weighted by Crippen LogP contribution is -2.03. The highest BCUT2D eigenvalue weighted by atomic mass is 16.3. The summed E-state index contributed by atoms with van der Waals surface area (Å²) in [5.41, 5.74) is 5.00. The molecule has 3 rings (SSSR count). The van der Waals surface area contributed by atoms with Crippen molar-refractivity contribution in [1.82, 2.24) is 4.40 Å². The molecule has 0 unspecified atom stereocenters. The fourth-order valence-electron chi connectivity index (χ4n) is 2.29. The van der Waals surface area contributed by atoms with Crippen molar-refractivity contribution in [2.24, 2.45) is 0 Å². The summed E-state index contributed by atoms with van der Waals surface area (Å²) in [5, 5.41) is 9.12. The molecular weight excluding hydrogens is 186 g/mol. The lowest BCUT2D eigenvalue weighted by atomic mass is 9.98. The molecule has 15 heavy (non-hydrogen) atoms. The molecule has 76 valence electrons. The van der Waals surface area contributed by atoms with Gasteiger partial charge in [0.1, 0.15) is 0 Å². The summed E-state index contributed by atoms with van der Waals surface area (Å²) in [6, 6.07) is 8.41. The second kappa shape index (κ2) is 3.24. The molecule has 0 saturated carbocycles. The fourth-order valence-corrected chi connectivity index (χ4v) is 2.29. The first-order valence-corrected chi connectivity index (χ1v) is 5.28. The molecule has 2 aromatic rings. The van der Waals surface area contributed by atoms with Gasteiger partial charge in [-0.2, -0.15) is 0 Å². The number of rotatable bonds is 1. The molecule has 0 aliphatic heterocycles. The molecule has 0 bridgehead atoms. The van der Waals surface area contributed by atoms with Crippen molar-refractivity contribution in [2.45, 2.75) is 12.8 Å². The first kappa shape index (κ1) is 8.74. The molecule has 2 heterocycles. The maximum Gasteiger partial charge on any atom is 0.0645 e. The van der Waals surface area contributed by atoms with E-state index in [1.54, 1.807) is 0 Å². The average molecular weight is 199 g/mol. The lowest BCUT2D eigenvalue weighted by molar-refractivity contribution is 0.327. The van der Waals surface area contributed by atoms with E-state index < -0.39 is 0 Å². The van der Waals surface area contributed by atoms with Gasteiger partial charge in [-0.05, 0) is 42.2 Å². The molecular formula is C13H13NO. The summed E-state index contributed by atoms with van der Waals surface area (Å²) >= 11 is 0. The van der Waals surface area contributed by atoms with E-state index in [1.807, 2.05) is 0 Å². The van der Waals surface area contributed by atoms with Crippen molar-refractivity contribution >= 4 is 11.6 Å². The summed E-state index contributed by atoms with van der Waals surface area (Å²) in [5.74, 6) is 0. The number of hydrogen-bond acceptors (Lipinski definition) is 1. The Hall–Kier alpha value is -1.54. The summed E-state index contributed by atoms with van der Waals surface area (Å²) in [7, 11) is 0. The number of hydrogen-bond donors (Lipinski definition) is 1. The topological polar surface area (TPSA) is 24.6 Å². The van der Waals surface area contributed by atoms with E-state index in [0.717, 1.165) is 18.4 Å². The molecule has 2 nitrogen and oxygen atoms in total. The number of fused-ring (bicyclic) bond motifs is 3. The van der Waals surface area contributed by atoms with Crippen molar-refractivity contribution in [3.63, 3.8) is 0 Å². The van der Waals surface area contributed by atoms with Crippen molar-refractivity contribution in [2.75, 3.05) is 6.61 Å². The van der Waals surface area contributed by atoms with Crippen molar-refractivity contribution in [3.8, 4) is 0 Å². The maximum atomic E-state index is 9.12. The van der Waals surface area contributed by atoms with Crippen LogP contribution in [-0.2, 0) is 6.42 Å². The molecule has 0 spiro atoms. The zero-order valence-corrected chi connectivity index (χ0v) is 8.48. The molecule has 1 aliphatic rings. The normalized spacial score (nSPS) is 15.1. The zero-order valence-electron chi connectivity index (χ0n) is 8.48. The molecule has 1 aliphatic carbocycles. The number of aliphatic hydroxyl groups is 1. The van der Waals surface area contributed by atoms with Gasteiger partial charge in [-0.25, -0.2) is 0 Å². The Bertz CT molecular complexity index is 536. The van der Waals surface area contributed by atoms with Gasteiger partial charge in [0, 0.05) is 17.4 Å². The van der Waals surface area contributed by atoms with Gasteiger partial charge in [-0.15, -0.1) is 0 Å². The van der Waals surface area contributed by atoms with Gasteiger partial charge in [0.05, 0.1) is 6.61 Å². The zero-order chi connectivity index (χ0) is 10.3. The van der Waals surface area contributed by atoms with Gasteiger partial charge in [-0.1, -0.05) is 12.1 Å². The number of aliphatic hydroxyl groups excluding tert-OH is 1. The summed E-state index contributed by atoms with van der Waals surface area (Å²) in [6.07, 6.45) is 6.22. The quantitative estimate of drug-likeness (QED) is 0.748. The van der Waals surface area contributed by atoms with E-state index >= 15 is 0 Å². The van der Waals surface area contributed by atoms with Crippen LogP contribution < -0.4 is 0 Å². The third-order valence-electron chi connectivity index (χ3n) is 3.06. The number of nitrogens with zero attached hydrogens (tertiary/aromatic N) is 1. The second-order valence-corrected chi connectivity index (χ2v) is 4.00. The lowest BCUT2D eigenvalue weighted by Gasteiger charge is -2.12. The first-order valence-electron chi connectivity index (χ1n) is 5.28. The van der Waals surface area contributed by atoms with Gasteiger partial charge in [0.15, 0.2) is 0 Å². The van der Waals surface area contributed by atoms with Crippen LogP contribution >= 0.6 is 0 Å². The van der Waals surface area contributed by atoms with Gasteiger partial charge >= 0.3 is 0 Å². The largest absolute Gasteiger partial charge is 0.392 e. The molecule has 1 N–H and O–H groups in total. The van der Waals surface area contributed by atoms with Gasteiger partial charge in [-0.3, -0.25) is 0 Å². The van der Waals surface area contributed by atoms with Crippen LogP contribution in [0.3, 0.4) is 0 Å². The van der Waals surface area contributed by atoms with E-state index in [9.17, 15) is 0 Å². The maximum absolute atomic E-state index is 9.12. The third kappa shape index (κ3) is 1.29. The van der Waals surface area contributed by atoms with E-state index in [1.165, 1.54) is 16.8 Å². The average Bonchev–Trinajstić information content (AvgIpc) is 2.66. The molecule has 0 atom stereocenters. The van der Waals surface area contributed by atoms with Gasteiger partial charge in [0.25, 0.3) is 0 Å². The van der Waals surface area contributed by atoms with Gasteiger partial charge < -0.3 is 9.51 Å². The Morgan fingerprint density at radius 3 is 3.07 bits per heavy atom. The molecule has 0 saturated heterocycles. The predicted molar refractivity (Wildman–Crippen MR) is 60.8 cm³/mol. The summed E-state index contributed by atoms with van der Waals surface area (Å²) < 4.78 is 2.24. The van der Waals surface area contributed by atoms with Crippen LogP contribution in [0.2, 0.25) is 0 Å². The Balaban J connectivity index is 2.24. The van der Waals surface area contributed by atoms with Crippen LogP contribution in [0.5, 0.6) is 0 Å². The minimum Gasteiger partial charge on any atom is -0.392 e. The van der Waals surface area contributed by atoms with Crippen LogP contribution in [0.1, 0.15) is 17.7 Å². The minimum absolute atomic E-state index is 0.186. The number of aryl methyl sites for hydroxylation is 1. The molecule has 0 aromatic carbocycles. The molecule has 0 fully saturated rings. The predicted octanol–water partition coefficient (Wildman–Crippen LogP) is 2.26. The highest BCUT2D eigenvalue weighted by Crippen LogP contribution is 2.26. The van der Waals surface area contributed by atoms with E-state index in [4.69, 9.17) is 5.11 Å². The molecule has 2 heteroatoms. The van der Waals surface area contributed by atoms with Crippen molar-refractivity contribution in [1.29, 1.82) is 0 Å². The third-order valence-corrected chi connectivity index (χ3v) is 3.06. The monoisotopic (exact) mass is 199 g/mol. The van der Waals surface area contributed by atoms with Crippen LogP contribution in [0, 0.1) is 0 Å². The van der Waals surface area contributed by atoms with Gasteiger partial charge in [0.2, 0.25) is 0 Å². The Labute approximate surface area is 88.5 Å². The number of pyridine rings is 1. The Morgan fingerprint density at radius 1 is 1.27 bits per heavy atom. The standard InChI is InChI=1S/C13H13NO/c15-9-10-4-5-13-11(7-10)8-12-3-1-2-6-14(12)13/h1-3,6-8,15H,4-5,9H2. The Kier molecular flexibility index (Phi) is 1.89. The van der Waals surface area contributed by atoms with Crippen LogP contribution in [-0.4, -0.2) is 16.1 Å². The fraction of sp³-hybridized carbons (Fsp3) is 0.231. The highest BCUT2D eigenvalue weighted by Gasteiger charge is 2.13. The van der Waals surface area contributed by atoms with E-state index in [0.29, 0.717) is 0 Å². The smallest absolute Gasteiger partial charge is 0.0645 e. The summed E-state index contributed by atoms with van der Waals surface area (Å²) in [4.78, 5) is 0. The molecule has 0 amide bonds. The van der Waals surface area contributed by atoms with Crippen molar-refractivity contribution < 1.29 is 5.11 Å². The Morgan fingerprint density at radius 2 is 2.20 bits per heavy atom. The van der Waals surface area contributed by atoms with E-state index in [2.05, 4.69) is 40.9 Å². The highest BCUT2D eigenvalue weighted by molar-refractivity contribution is 5.67. The second-order valence-electron chi connectivity index (χ2n) is 4.00. The summed E-state index contributed by atoms with van der Waals surface area (Å²) in [6.45, 7) is 0.186. The van der Waals surface area contributed by atoms with Crippen LogP contribution in [0.25, 0.3) is 11.6 Å². The van der Waals surface area contributed by atoms with Crippen LogP contribution in [0.15, 0.2) is 36.0 Å². The SMILES string of the molecule is OCC1=Cc2cc3ccccn3c2CC1. The molecule has 0 radical (unpaired) electrons. The van der Waals surface area contributed by atoms with Crippen LogP contribution in [0.4, 0.5) is 0 Å². The minimum atomic E-state index is 0.186. The first-order chi connectivity index (χ1) is 7.38. The molecule has 2 aromatic heterocycles.